The zero-order valence-electron chi connectivity index (χ0n) is 14.6. The number of hydrogen-bond donors (Lipinski definition) is 2. The Morgan fingerprint density at radius 3 is 2.68 bits per heavy atom. The van der Waals surface area contributed by atoms with E-state index in [0.29, 0.717) is 18.9 Å². The van der Waals surface area contributed by atoms with Crippen molar-refractivity contribution in [2.45, 2.75) is 44.7 Å². The molecular formula is C19H27F2N3O. The maximum atomic E-state index is 13.3. The fourth-order valence-electron chi connectivity index (χ4n) is 3.73. The Kier molecular flexibility index (Phi) is 6.37. The van der Waals surface area contributed by atoms with Gasteiger partial charge in [-0.2, -0.15) is 0 Å². The van der Waals surface area contributed by atoms with Crippen molar-refractivity contribution in [2.24, 2.45) is 5.92 Å². The van der Waals surface area contributed by atoms with Crippen LogP contribution in [0.5, 0.6) is 0 Å². The van der Waals surface area contributed by atoms with Gasteiger partial charge >= 0.3 is 0 Å². The van der Waals surface area contributed by atoms with Gasteiger partial charge in [0.05, 0.1) is 0 Å². The molecule has 1 unspecified atom stereocenters. The Balaban J connectivity index is 1.36. The number of amides is 1. The van der Waals surface area contributed by atoms with Crippen LogP contribution in [0.15, 0.2) is 18.2 Å². The van der Waals surface area contributed by atoms with Crippen LogP contribution in [-0.4, -0.2) is 43.0 Å². The third-order valence-corrected chi connectivity index (χ3v) is 5.28. The standard InChI is InChI=1S/C19H27F2N3O/c20-17-3-1-15(11-18(17)21)13-24-9-6-16(7-10-24)23-19(25)4-2-14-5-8-22-12-14/h1,3,11,14,16,22H,2,4-10,12-13H2,(H,23,25). The molecule has 0 radical (unpaired) electrons. The predicted molar refractivity (Wildman–Crippen MR) is 93.0 cm³/mol. The van der Waals surface area contributed by atoms with Gasteiger partial charge < -0.3 is 10.6 Å². The van der Waals surface area contributed by atoms with Gasteiger partial charge in [-0.1, -0.05) is 6.07 Å². The third-order valence-electron chi connectivity index (χ3n) is 5.28. The zero-order valence-corrected chi connectivity index (χ0v) is 14.6. The monoisotopic (exact) mass is 351 g/mol. The number of nitrogens with zero attached hydrogens (tertiary/aromatic N) is 1. The van der Waals surface area contributed by atoms with E-state index in [1.807, 2.05) is 0 Å². The summed E-state index contributed by atoms with van der Waals surface area (Å²) < 4.78 is 26.3. The quantitative estimate of drug-likeness (QED) is 0.827. The van der Waals surface area contributed by atoms with E-state index in [1.54, 1.807) is 6.07 Å². The summed E-state index contributed by atoms with van der Waals surface area (Å²) in [6.07, 6.45) is 4.56. The number of benzene rings is 1. The normalized spacial score (nSPS) is 22.2. The summed E-state index contributed by atoms with van der Waals surface area (Å²) in [5.41, 5.74) is 0.784. The molecule has 1 amide bonds. The minimum atomic E-state index is -0.807. The minimum absolute atomic E-state index is 0.158. The highest BCUT2D eigenvalue weighted by Crippen LogP contribution is 2.17. The van der Waals surface area contributed by atoms with Crippen molar-refractivity contribution >= 4 is 5.91 Å². The van der Waals surface area contributed by atoms with Crippen LogP contribution in [-0.2, 0) is 11.3 Å². The zero-order chi connectivity index (χ0) is 17.6. The van der Waals surface area contributed by atoms with Gasteiger partial charge in [0.2, 0.25) is 5.91 Å². The fraction of sp³-hybridized carbons (Fsp3) is 0.632. The summed E-state index contributed by atoms with van der Waals surface area (Å²) in [6, 6.07) is 4.30. The van der Waals surface area contributed by atoms with Crippen LogP contribution in [0.4, 0.5) is 8.78 Å². The van der Waals surface area contributed by atoms with E-state index in [2.05, 4.69) is 15.5 Å². The van der Waals surface area contributed by atoms with Gasteiger partial charge in [0.1, 0.15) is 0 Å². The molecule has 1 atom stereocenters. The molecule has 2 heterocycles. The molecule has 0 aliphatic carbocycles. The molecule has 6 heteroatoms. The van der Waals surface area contributed by atoms with Gasteiger partial charge in [-0.15, -0.1) is 0 Å². The van der Waals surface area contributed by atoms with Crippen molar-refractivity contribution in [3.8, 4) is 0 Å². The van der Waals surface area contributed by atoms with Crippen LogP contribution >= 0.6 is 0 Å². The first kappa shape index (κ1) is 18.3. The molecule has 0 spiro atoms. The van der Waals surface area contributed by atoms with Crippen LogP contribution in [0.2, 0.25) is 0 Å². The summed E-state index contributed by atoms with van der Waals surface area (Å²) in [6.45, 7) is 4.44. The Labute approximate surface area is 148 Å². The lowest BCUT2D eigenvalue weighted by atomic mass is 10.0. The number of rotatable bonds is 6. The summed E-state index contributed by atoms with van der Waals surface area (Å²) in [4.78, 5) is 14.3. The van der Waals surface area contributed by atoms with Crippen molar-refractivity contribution in [2.75, 3.05) is 26.2 Å². The second-order valence-electron chi connectivity index (χ2n) is 7.26. The molecule has 1 aromatic rings. The second-order valence-corrected chi connectivity index (χ2v) is 7.26. The van der Waals surface area contributed by atoms with Crippen molar-refractivity contribution in [1.82, 2.24) is 15.5 Å². The molecule has 138 valence electrons. The molecule has 4 nitrogen and oxygen atoms in total. The van der Waals surface area contributed by atoms with E-state index < -0.39 is 11.6 Å². The van der Waals surface area contributed by atoms with Crippen molar-refractivity contribution in [3.05, 3.63) is 35.4 Å². The number of halogens is 2. The topological polar surface area (TPSA) is 44.4 Å². The first-order chi connectivity index (χ1) is 12.1. The number of carbonyl (C=O) groups excluding carboxylic acids is 1. The molecule has 2 fully saturated rings. The molecule has 0 bridgehead atoms. The summed E-state index contributed by atoms with van der Waals surface area (Å²) in [7, 11) is 0. The average Bonchev–Trinajstić information content (AvgIpc) is 3.12. The Morgan fingerprint density at radius 2 is 2.00 bits per heavy atom. The molecule has 0 aromatic heterocycles. The van der Waals surface area contributed by atoms with E-state index >= 15 is 0 Å². The van der Waals surface area contributed by atoms with Gasteiger partial charge in [-0.25, -0.2) is 8.78 Å². The van der Waals surface area contributed by atoms with Gasteiger partial charge in [0.15, 0.2) is 11.6 Å². The highest BCUT2D eigenvalue weighted by molar-refractivity contribution is 5.76. The van der Waals surface area contributed by atoms with E-state index in [0.717, 1.165) is 51.0 Å². The van der Waals surface area contributed by atoms with E-state index in [1.165, 1.54) is 18.6 Å². The molecule has 2 saturated heterocycles. The molecule has 0 saturated carbocycles. The SMILES string of the molecule is O=C(CCC1CCNC1)NC1CCN(Cc2ccc(F)c(F)c2)CC1. The van der Waals surface area contributed by atoms with E-state index in [4.69, 9.17) is 0 Å². The molecular weight excluding hydrogens is 324 g/mol. The van der Waals surface area contributed by atoms with Crippen molar-refractivity contribution in [3.63, 3.8) is 0 Å². The molecule has 3 rings (SSSR count). The first-order valence-electron chi connectivity index (χ1n) is 9.26. The predicted octanol–water partition coefficient (Wildman–Crippen LogP) is 2.44. The van der Waals surface area contributed by atoms with Gasteiger partial charge in [-0.05, 0) is 62.4 Å². The Morgan fingerprint density at radius 1 is 1.20 bits per heavy atom. The third kappa shape index (κ3) is 5.47. The van der Waals surface area contributed by atoms with Gasteiger partial charge in [0, 0.05) is 32.1 Å². The number of carbonyl (C=O) groups is 1. The van der Waals surface area contributed by atoms with Gasteiger partial charge in [0.25, 0.3) is 0 Å². The van der Waals surface area contributed by atoms with Crippen molar-refractivity contribution in [1.29, 1.82) is 0 Å². The average molecular weight is 351 g/mol. The van der Waals surface area contributed by atoms with Crippen LogP contribution in [0.25, 0.3) is 0 Å². The van der Waals surface area contributed by atoms with Crippen LogP contribution in [0.1, 0.15) is 37.7 Å². The number of nitrogens with one attached hydrogen (secondary N) is 2. The maximum Gasteiger partial charge on any atom is 0.220 e. The molecule has 25 heavy (non-hydrogen) atoms. The Hall–Kier alpha value is -1.53. The van der Waals surface area contributed by atoms with E-state index in [9.17, 15) is 13.6 Å². The van der Waals surface area contributed by atoms with Gasteiger partial charge in [-0.3, -0.25) is 9.69 Å². The summed E-state index contributed by atoms with van der Waals surface area (Å²) >= 11 is 0. The lowest BCUT2D eigenvalue weighted by Gasteiger charge is -2.32. The lowest BCUT2D eigenvalue weighted by molar-refractivity contribution is -0.122. The number of piperidine rings is 1. The Bertz CT molecular complexity index is 582. The molecule has 1 aromatic carbocycles. The summed E-state index contributed by atoms with van der Waals surface area (Å²) in [5, 5.41) is 6.48. The minimum Gasteiger partial charge on any atom is -0.353 e. The number of hydrogen-bond acceptors (Lipinski definition) is 3. The number of likely N-dealkylation sites (tertiary alicyclic amines) is 1. The summed E-state index contributed by atoms with van der Waals surface area (Å²) in [5.74, 6) is -0.801. The molecule has 2 N–H and O–H groups in total. The highest BCUT2D eigenvalue weighted by Gasteiger charge is 2.22. The fourth-order valence-corrected chi connectivity index (χ4v) is 3.73. The van der Waals surface area contributed by atoms with Crippen LogP contribution in [0, 0.1) is 17.6 Å². The van der Waals surface area contributed by atoms with Crippen LogP contribution < -0.4 is 10.6 Å². The van der Waals surface area contributed by atoms with Crippen molar-refractivity contribution < 1.29 is 13.6 Å². The first-order valence-corrected chi connectivity index (χ1v) is 9.26. The highest BCUT2D eigenvalue weighted by atomic mass is 19.2. The second kappa shape index (κ2) is 8.72. The van der Waals surface area contributed by atoms with E-state index in [-0.39, 0.29) is 11.9 Å². The molecule has 2 aliphatic rings. The lowest BCUT2D eigenvalue weighted by Crippen LogP contribution is -2.44. The maximum absolute atomic E-state index is 13.3. The van der Waals surface area contributed by atoms with Crippen LogP contribution in [0.3, 0.4) is 0 Å². The largest absolute Gasteiger partial charge is 0.353 e. The smallest absolute Gasteiger partial charge is 0.220 e. The molecule has 2 aliphatic heterocycles.